The van der Waals surface area contributed by atoms with Gasteiger partial charge in [0.05, 0.1) is 11.3 Å². The maximum atomic E-state index is 12.1. The topological polar surface area (TPSA) is 76.1 Å². The minimum absolute atomic E-state index is 0.135. The lowest BCUT2D eigenvalue weighted by Crippen LogP contribution is -2.35. The maximum absolute atomic E-state index is 12.1. The Morgan fingerprint density at radius 3 is 2.65 bits per heavy atom. The molecule has 5 nitrogen and oxygen atoms in total. The van der Waals surface area contributed by atoms with Gasteiger partial charge in [-0.2, -0.15) is 0 Å². The molecule has 1 fully saturated rings. The summed E-state index contributed by atoms with van der Waals surface area (Å²) in [6.45, 7) is 1.76. The zero-order chi connectivity index (χ0) is 14.9. The maximum Gasteiger partial charge on any atom is 0.266 e. The van der Waals surface area contributed by atoms with Crippen LogP contribution in [0.4, 0.5) is 8.78 Å². The Morgan fingerprint density at radius 2 is 2.10 bits per heavy atom. The van der Waals surface area contributed by atoms with Crippen LogP contribution in [0.1, 0.15) is 40.5 Å². The van der Waals surface area contributed by atoms with Gasteiger partial charge in [0.15, 0.2) is 0 Å². The minimum atomic E-state index is -4.34. The fraction of sp³-hybridized carbons (Fsp3) is 0.500. The Morgan fingerprint density at radius 1 is 1.45 bits per heavy atom. The standard InChI is InChI=1S/C12H14F2N2O3S/c1-7-2-5-9(11(15-7)8-3-4-8)12(17)16-20(18,19)6-10(13)14/h2,5,8,10H,3-4,6H2,1H3,(H,16,17). The predicted molar refractivity (Wildman–Crippen MR) is 68.2 cm³/mol. The molecule has 0 bridgehead atoms. The van der Waals surface area contributed by atoms with E-state index in [1.807, 2.05) is 0 Å². The van der Waals surface area contributed by atoms with E-state index >= 15 is 0 Å². The van der Waals surface area contributed by atoms with Crippen LogP contribution in [0.25, 0.3) is 0 Å². The van der Waals surface area contributed by atoms with Crippen molar-refractivity contribution in [2.75, 3.05) is 5.75 Å². The fourth-order valence-electron chi connectivity index (χ4n) is 1.84. The Labute approximate surface area is 115 Å². The molecule has 0 unspecified atom stereocenters. The third-order valence-corrected chi connectivity index (χ3v) is 4.05. The van der Waals surface area contributed by atoms with Gasteiger partial charge in [0.1, 0.15) is 5.75 Å². The molecule has 1 aromatic heterocycles. The third-order valence-electron chi connectivity index (χ3n) is 2.87. The van der Waals surface area contributed by atoms with Crippen LogP contribution < -0.4 is 4.72 Å². The molecule has 0 spiro atoms. The number of rotatable bonds is 5. The van der Waals surface area contributed by atoms with Crippen molar-refractivity contribution in [3.8, 4) is 0 Å². The SMILES string of the molecule is Cc1ccc(C(=O)NS(=O)(=O)CC(F)F)c(C2CC2)n1. The van der Waals surface area contributed by atoms with Gasteiger partial charge in [-0.1, -0.05) is 0 Å². The van der Waals surface area contributed by atoms with Gasteiger partial charge >= 0.3 is 0 Å². The molecule has 1 saturated carbocycles. The van der Waals surface area contributed by atoms with Crippen LogP contribution in [-0.4, -0.2) is 31.5 Å². The van der Waals surface area contributed by atoms with Crippen LogP contribution in [0.15, 0.2) is 12.1 Å². The highest BCUT2D eigenvalue weighted by molar-refractivity contribution is 7.90. The molecule has 1 N–H and O–H groups in total. The highest BCUT2D eigenvalue weighted by Crippen LogP contribution is 2.40. The minimum Gasteiger partial charge on any atom is -0.268 e. The number of pyridine rings is 1. The fourth-order valence-corrected chi connectivity index (χ4v) is 2.65. The Kier molecular flexibility index (Phi) is 4.03. The lowest BCUT2D eigenvalue weighted by molar-refractivity contribution is 0.0979. The number of sulfonamides is 1. The lowest BCUT2D eigenvalue weighted by Gasteiger charge is -2.10. The summed E-state index contributed by atoms with van der Waals surface area (Å²) in [5, 5.41) is 0. The van der Waals surface area contributed by atoms with Crippen molar-refractivity contribution in [1.82, 2.24) is 9.71 Å². The molecule has 0 radical (unpaired) electrons. The summed E-state index contributed by atoms with van der Waals surface area (Å²) >= 11 is 0. The third kappa shape index (κ3) is 3.72. The summed E-state index contributed by atoms with van der Waals surface area (Å²) in [5.41, 5.74) is 1.39. The molecule has 1 aliphatic rings. The molecule has 1 aromatic rings. The predicted octanol–water partition coefficient (Wildman–Crippen LogP) is 1.59. The number of carbonyl (C=O) groups excluding carboxylic acids is 1. The van der Waals surface area contributed by atoms with E-state index in [2.05, 4.69) is 4.98 Å². The first-order valence-corrected chi connectivity index (χ1v) is 7.74. The summed E-state index contributed by atoms with van der Waals surface area (Å²) in [6.07, 6.45) is -1.25. The molecule has 8 heteroatoms. The molecule has 20 heavy (non-hydrogen) atoms. The van der Waals surface area contributed by atoms with E-state index in [1.54, 1.807) is 17.7 Å². The number of carbonyl (C=O) groups is 1. The van der Waals surface area contributed by atoms with E-state index in [-0.39, 0.29) is 11.5 Å². The van der Waals surface area contributed by atoms with Crippen LogP contribution in [-0.2, 0) is 10.0 Å². The second-order valence-electron chi connectivity index (χ2n) is 4.76. The smallest absolute Gasteiger partial charge is 0.266 e. The van der Waals surface area contributed by atoms with Gasteiger partial charge < -0.3 is 0 Å². The summed E-state index contributed by atoms with van der Waals surface area (Å²) < 4.78 is 48.6. The number of alkyl halides is 2. The molecule has 2 rings (SSSR count). The van der Waals surface area contributed by atoms with E-state index in [9.17, 15) is 22.0 Å². The van der Waals surface area contributed by atoms with Gasteiger partial charge in [-0.3, -0.25) is 9.78 Å². The van der Waals surface area contributed by atoms with Crippen molar-refractivity contribution in [2.45, 2.75) is 32.1 Å². The number of nitrogens with one attached hydrogen (secondary N) is 1. The van der Waals surface area contributed by atoms with Gasteiger partial charge in [-0.25, -0.2) is 21.9 Å². The van der Waals surface area contributed by atoms with Gasteiger partial charge in [0, 0.05) is 11.6 Å². The van der Waals surface area contributed by atoms with Crippen LogP contribution in [0, 0.1) is 6.92 Å². The van der Waals surface area contributed by atoms with Gasteiger partial charge in [-0.15, -0.1) is 0 Å². The van der Waals surface area contributed by atoms with E-state index < -0.39 is 28.1 Å². The molecular weight excluding hydrogens is 290 g/mol. The first-order valence-electron chi connectivity index (χ1n) is 6.09. The van der Waals surface area contributed by atoms with Crippen molar-refractivity contribution in [3.63, 3.8) is 0 Å². The number of amides is 1. The second kappa shape index (κ2) is 5.43. The van der Waals surface area contributed by atoms with Crippen LogP contribution in [0.5, 0.6) is 0 Å². The van der Waals surface area contributed by atoms with E-state index in [0.29, 0.717) is 5.69 Å². The first kappa shape index (κ1) is 14.8. The summed E-state index contributed by atoms with van der Waals surface area (Å²) in [5.74, 6) is -2.15. The molecule has 1 aliphatic carbocycles. The Hall–Kier alpha value is -1.57. The number of halogens is 2. The van der Waals surface area contributed by atoms with Gasteiger partial charge in [0.2, 0.25) is 10.0 Å². The summed E-state index contributed by atoms with van der Waals surface area (Å²) in [7, 11) is -4.34. The van der Waals surface area contributed by atoms with Gasteiger partial charge in [0.25, 0.3) is 12.3 Å². The molecule has 1 heterocycles. The van der Waals surface area contributed by atoms with Gasteiger partial charge in [-0.05, 0) is 31.9 Å². The van der Waals surface area contributed by atoms with E-state index in [4.69, 9.17) is 0 Å². The zero-order valence-electron chi connectivity index (χ0n) is 10.8. The number of aromatic nitrogens is 1. The van der Waals surface area contributed by atoms with E-state index in [1.165, 1.54) is 6.07 Å². The quantitative estimate of drug-likeness (QED) is 0.896. The average Bonchev–Trinajstić information content (AvgIpc) is 3.09. The number of nitrogens with zero attached hydrogens (tertiary/aromatic N) is 1. The highest BCUT2D eigenvalue weighted by atomic mass is 32.2. The first-order chi connectivity index (χ1) is 9.28. The Balaban J connectivity index is 2.21. The number of aryl methyl sites for hydroxylation is 1. The monoisotopic (exact) mass is 304 g/mol. The summed E-state index contributed by atoms with van der Waals surface area (Å²) in [4.78, 5) is 16.2. The normalized spacial score (nSPS) is 15.4. The Bertz CT molecular complexity index is 628. The molecule has 0 atom stereocenters. The molecular formula is C12H14F2N2O3S. The van der Waals surface area contributed by atoms with E-state index in [0.717, 1.165) is 18.5 Å². The lowest BCUT2D eigenvalue weighted by atomic mass is 10.1. The molecule has 0 saturated heterocycles. The van der Waals surface area contributed by atoms with Crippen molar-refractivity contribution >= 4 is 15.9 Å². The molecule has 1 amide bonds. The van der Waals surface area contributed by atoms with Crippen molar-refractivity contribution in [2.24, 2.45) is 0 Å². The molecule has 0 aliphatic heterocycles. The number of hydrogen-bond acceptors (Lipinski definition) is 4. The number of hydrogen-bond donors (Lipinski definition) is 1. The van der Waals surface area contributed by atoms with Crippen molar-refractivity contribution < 1.29 is 22.0 Å². The van der Waals surface area contributed by atoms with Crippen LogP contribution >= 0.6 is 0 Å². The molecule has 0 aromatic carbocycles. The van der Waals surface area contributed by atoms with Crippen molar-refractivity contribution in [1.29, 1.82) is 0 Å². The summed E-state index contributed by atoms with van der Waals surface area (Å²) in [6, 6.07) is 3.06. The zero-order valence-corrected chi connectivity index (χ0v) is 11.6. The van der Waals surface area contributed by atoms with Crippen LogP contribution in [0.2, 0.25) is 0 Å². The van der Waals surface area contributed by atoms with Crippen molar-refractivity contribution in [3.05, 3.63) is 29.1 Å². The average molecular weight is 304 g/mol. The van der Waals surface area contributed by atoms with Crippen LogP contribution in [0.3, 0.4) is 0 Å². The second-order valence-corrected chi connectivity index (χ2v) is 6.53. The largest absolute Gasteiger partial charge is 0.268 e. The molecule has 110 valence electrons. The highest BCUT2D eigenvalue weighted by Gasteiger charge is 2.31.